The van der Waals surface area contributed by atoms with Crippen LogP contribution in [0.3, 0.4) is 0 Å². The Labute approximate surface area is 121 Å². The van der Waals surface area contributed by atoms with Gasteiger partial charge in [0.2, 0.25) is 0 Å². The third kappa shape index (κ3) is 5.09. The van der Waals surface area contributed by atoms with Crippen molar-refractivity contribution in [1.29, 1.82) is 0 Å². The number of benzene rings is 1. The number of esters is 1. The molecule has 0 saturated heterocycles. The maximum absolute atomic E-state index is 11.9. The van der Waals surface area contributed by atoms with Gasteiger partial charge in [0.25, 0.3) is 11.6 Å². The Kier molecular flexibility index (Phi) is 6.12. The second-order valence-electron chi connectivity index (χ2n) is 4.03. The molecule has 21 heavy (non-hydrogen) atoms. The van der Waals surface area contributed by atoms with Crippen LogP contribution in [0.5, 0.6) is 5.75 Å². The number of rotatable bonds is 7. The van der Waals surface area contributed by atoms with E-state index in [0.717, 1.165) is 0 Å². The predicted octanol–water partition coefficient (Wildman–Crippen LogP) is 0.995. The molecule has 0 radical (unpaired) electrons. The third-order valence-corrected chi connectivity index (χ3v) is 2.67. The van der Waals surface area contributed by atoms with E-state index >= 15 is 0 Å². The highest BCUT2D eigenvalue weighted by atomic mass is 16.6. The second-order valence-corrected chi connectivity index (χ2v) is 4.03. The first-order valence-corrected chi connectivity index (χ1v) is 6.19. The number of ether oxygens (including phenoxy) is 2. The van der Waals surface area contributed by atoms with Gasteiger partial charge in [-0.05, 0) is 13.0 Å². The van der Waals surface area contributed by atoms with Crippen molar-refractivity contribution < 1.29 is 24.0 Å². The number of nitro groups is 1. The van der Waals surface area contributed by atoms with E-state index in [4.69, 9.17) is 4.74 Å². The number of carbonyl (C=O) groups excluding carboxylic acids is 2. The number of carbonyl (C=O) groups is 2. The van der Waals surface area contributed by atoms with Crippen molar-refractivity contribution in [3.05, 3.63) is 34.4 Å². The summed E-state index contributed by atoms with van der Waals surface area (Å²) in [5.74, 6) is -0.721. The average Bonchev–Trinajstić information content (AvgIpc) is 2.50. The molecule has 0 unspecified atom stereocenters. The molecule has 0 aliphatic rings. The highest BCUT2D eigenvalue weighted by Gasteiger charge is 2.16. The molecule has 0 heterocycles. The van der Waals surface area contributed by atoms with E-state index in [0.29, 0.717) is 6.54 Å². The zero-order valence-corrected chi connectivity index (χ0v) is 11.8. The van der Waals surface area contributed by atoms with Gasteiger partial charge in [-0.3, -0.25) is 19.7 Å². The SMILES string of the molecule is CCN(CC(=O)OC)C(=O)COc1cccc([N+](=O)[O-])c1. The fourth-order valence-corrected chi connectivity index (χ4v) is 1.52. The molecule has 8 heteroatoms. The van der Waals surface area contributed by atoms with E-state index in [9.17, 15) is 19.7 Å². The van der Waals surface area contributed by atoms with Crippen LogP contribution in [0.4, 0.5) is 5.69 Å². The standard InChI is InChI=1S/C13H16N2O6/c1-3-14(8-13(17)20-2)12(16)9-21-11-6-4-5-10(7-11)15(18)19/h4-7H,3,8-9H2,1-2H3. The number of nitrogens with zero attached hydrogens (tertiary/aromatic N) is 2. The smallest absolute Gasteiger partial charge is 0.325 e. The molecule has 0 aliphatic heterocycles. The molecule has 1 aromatic carbocycles. The van der Waals surface area contributed by atoms with Gasteiger partial charge in [0.15, 0.2) is 6.61 Å². The highest BCUT2D eigenvalue weighted by Crippen LogP contribution is 2.18. The molecule has 0 atom stereocenters. The van der Waals surface area contributed by atoms with Crippen molar-refractivity contribution in [2.75, 3.05) is 26.8 Å². The van der Waals surface area contributed by atoms with Crippen LogP contribution in [0.25, 0.3) is 0 Å². The quantitative estimate of drug-likeness (QED) is 0.423. The summed E-state index contributed by atoms with van der Waals surface area (Å²) in [4.78, 5) is 34.4. The Hall–Kier alpha value is -2.64. The minimum Gasteiger partial charge on any atom is -0.484 e. The zero-order valence-electron chi connectivity index (χ0n) is 11.8. The number of methoxy groups -OCH3 is 1. The van der Waals surface area contributed by atoms with Crippen molar-refractivity contribution >= 4 is 17.6 Å². The third-order valence-electron chi connectivity index (χ3n) is 2.67. The maximum Gasteiger partial charge on any atom is 0.325 e. The van der Waals surface area contributed by atoms with Crippen LogP contribution in [0, 0.1) is 10.1 Å². The topological polar surface area (TPSA) is 99.0 Å². The van der Waals surface area contributed by atoms with Gasteiger partial charge >= 0.3 is 5.97 Å². The van der Waals surface area contributed by atoms with E-state index in [1.54, 1.807) is 6.92 Å². The number of non-ortho nitro benzene ring substituents is 1. The van der Waals surface area contributed by atoms with Crippen molar-refractivity contribution in [3.8, 4) is 5.75 Å². The van der Waals surface area contributed by atoms with E-state index in [1.165, 1.54) is 36.3 Å². The molecule has 0 bridgehead atoms. The van der Waals surface area contributed by atoms with Crippen molar-refractivity contribution in [2.45, 2.75) is 6.92 Å². The average molecular weight is 296 g/mol. The van der Waals surface area contributed by atoms with Gasteiger partial charge < -0.3 is 14.4 Å². The fraction of sp³-hybridized carbons (Fsp3) is 0.385. The summed E-state index contributed by atoms with van der Waals surface area (Å²) in [6.07, 6.45) is 0. The van der Waals surface area contributed by atoms with Crippen LogP contribution < -0.4 is 4.74 Å². The molecule has 0 saturated carbocycles. The number of hydrogen-bond donors (Lipinski definition) is 0. The Balaban J connectivity index is 2.60. The van der Waals surface area contributed by atoms with Crippen LogP contribution >= 0.6 is 0 Å². The summed E-state index contributed by atoms with van der Waals surface area (Å²) in [7, 11) is 1.24. The lowest BCUT2D eigenvalue weighted by atomic mass is 10.3. The molecule has 1 amide bonds. The van der Waals surface area contributed by atoms with Gasteiger partial charge in [0.1, 0.15) is 12.3 Å². The molecule has 114 valence electrons. The van der Waals surface area contributed by atoms with Crippen LogP contribution in [-0.4, -0.2) is 48.5 Å². The molecule has 0 aromatic heterocycles. The minimum atomic E-state index is -0.551. The molecular weight excluding hydrogens is 280 g/mol. The van der Waals surface area contributed by atoms with E-state index in [2.05, 4.69) is 4.74 Å². The molecule has 0 fully saturated rings. The first-order valence-electron chi connectivity index (χ1n) is 6.19. The lowest BCUT2D eigenvalue weighted by molar-refractivity contribution is -0.384. The summed E-state index contributed by atoms with van der Waals surface area (Å²) in [5.41, 5.74) is -0.123. The highest BCUT2D eigenvalue weighted by molar-refractivity contribution is 5.83. The first kappa shape index (κ1) is 16.4. The Morgan fingerprint density at radius 1 is 1.38 bits per heavy atom. The molecule has 1 aromatic rings. The molecule has 8 nitrogen and oxygen atoms in total. The van der Waals surface area contributed by atoms with Crippen molar-refractivity contribution in [3.63, 3.8) is 0 Å². The van der Waals surface area contributed by atoms with Crippen LogP contribution in [0.15, 0.2) is 24.3 Å². The van der Waals surface area contributed by atoms with Crippen LogP contribution in [0.1, 0.15) is 6.92 Å². The van der Waals surface area contributed by atoms with Crippen molar-refractivity contribution in [2.24, 2.45) is 0 Å². The zero-order chi connectivity index (χ0) is 15.8. The van der Waals surface area contributed by atoms with Crippen LogP contribution in [-0.2, 0) is 14.3 Å². The summed E-state index contributed by atoms with van der Waals surface area (Å²) in [6.45, 7) is 1.57. The fourth-order valence-electron chi connectivity index (χ4n) is 1.52. The number of amides is 1. The van der Waals surface area contributed by atoms with Gasteiger partial charge in [-0.25, -0.2) is 0 Å². The largest absolute Gasteiger partial charge is 0.484 e. The van der Waals surface area contributed by atoms with E-state index in [1.807, 2.05) is 0 Å². The lowest BCUT2D eigenvalue weighted by Gasteiger charge is -2.19. The van der Waals surface area contributed by atoms with E-state index in [-0.39, 0.29) is 24.6 Å². The van der Waals surface area contributed by atoms with Gasteiger partial charge in [-0.1, -0.05) is 6.07 Å². The van der Waals surface area contributed by atoms with Gasteiger partial charge in [-0.2, -0.15) is 0 Å². The molecule has 1 rings (SSSR count). The maximum atomic E-state index is 11.9. The molecule has 0 spiro atoms. The summed E-state index contributed by atoms with van der Waals surface area (Å²) in [5, 5.41) is 10.6. The van der Waals surface area contributed by atoms with Crippen molar-refractivity contribution in [1.82, 2.24) is 4.90 Å². The molecule has 0 aliphatic carbocycles. The van der Waals surface area contributed by atoms with E-state index < -0.39 is 16.8 Å². The van der Waals surface area contributed by atoms with Gasteiger partial charge in [-0.15, -0.1) is 0 Å². The summed E-state index contributed by atoms with van der Waals surface area (Å²) >= 11 is 0. The Morgan fingerprint density at radius 3 is 2.67 bits per heavy atom. The number of likely N-dealkylation sites (N-methyl/N-ethyl adjacent to an activating group) is 1. The minimum absolute atomic E-state index is 0.123. The summed E-state index contributed by atoms with van der Waals surface area (Å²) < 4.78 is 9.70. The Bertz CT molecular complexity index is 531. The van der Waals surface area contributed by atoms with Crippen LogP contribution in [0.2, 0.25) is 0 Å². The molecule has 0 N–H and O–H groups in total. The molecular formula is C13H16N2O6. The first-order chi connectivity index (χ1) is 9.97. The Morgan fingerprint density at radius 2 is 2.10 bits per heavy atom. The normalized spacial score (nSPS) is 9.81. The lowest BCUT2D eigenvalue weighted by Crippen LogP contribution is -2.38. The second kappa shape index (κ2) is 7.83. The predicted molar refractivity (Wildman–Crippen MR) is 72.9 cm³/mol. The number of hydrogen-bond acceptors (Lipinski definition) is 6. The van der Waals surface area contributed by atoms with Gasteiger partial charge in [0.05, 0.1) is 18.1 Å². The summed E-state index contributed by atoms with van der Waals surface area (Å²) in [6, 6.07) is 5.52. The monoisotopic (exact) mass is 296 g/mol. The van der Waals surface area contributed by atoms with Gasteiger partial charge in [0, 0.05) is 12.6 Å². The number of nitro benzene ring substituents is 1.